The van der Waals surface area contributed by atoms with Gasteiger partial charge in [-0.05, 0) is 60.9 Å². The van der Waals surface area contributed by atoms with Crippen LogP contribution < -0.4 is 5.73 Å². The Balaban J connectivity index is 0.00000316. The molecule has 0 bridgehead atoms. The molecule has 0 atom stereocenters. The standard InChI is InChI=1S/C28H30ClN5O7.C2H6/c1-39-19-40-16-15-33(18-35)28(38)34(17-20-9-11-21(29)12-10-20)27(30)31-22-5-4-6-23(14-13-22)41-25-8-3-2-7-24(32-25)26(36)37;1-2/h3,5-14,18H,2,4,15-17,19H2,1H3,(H2,30,31)(H,36,37);1-2H3. The summed E-state index contributed by atoms with van der Waals surface area (Å²) in [7, 11) is 1.46. The molecule has 1 heterocycles. The molecule has 3 amide bonds. The van der Waals surface area contributed by atoms with E-state index in [0.29, 0.717) is 41.3 Å². The van der Waals surface area contributed by atoms with Gasteiger partial charge < -0.3 is 25.1 Å². The van der Waals surface area contributed by atoms with Crippen molar-refractivity contribution in [1.82, 2.24) is 9.80 Å². The summed E-state index contributed by atoms with van der Waals surface area (Å²) in [5.74, 6) is -0.761. The second-order valence-electron chi connectivity index (χ2n) is 8.47. The Labute approximate surface area is 255 Å². The molecule has 0 saturated carbocycles. The molecule has 1 aliphatic heterocycles. The number of carboxylic acids is 1. The second-order valence-corrected chi connectivity index (χ2v) is 8.90. The van der Waals surface area contributed by atoms with E-state index in [1.165, 1.54) is 18.1 Å². The topological polar surface area (TPSA) is 156 Å². The zero-order valence-corrected chi connectivity index (χ0v) is 25.1. The summed E-state index contributed by atoms with van der Waals surface area (Å²) in [4.78, 5) is 47.0. The molecule has 12 nitrogen and oxygen atoms in total. The molecule has 2 aliphatic rings. The van der Waals surface area contributed by atoms with E-state index in [1.807, 2.05) is 13.8 Å². The number of carboxylic acid groups (broad SMARTS) is 1. The number of rotatable bonds is 11. The van der Waals surface area contributed by atoms with Crippen molar-refractivity contribution >= 4 is 41.9 Å². The normalized spacial score (nSPS) is 14.5. The molecule has 13 heteroatoms. The van der Waals surface area contributed by atoms with Gasteiger partial charge in [0.1, 0.15) is 18.2 Å². The van der Waals surface area contributed by atoms with Crippen molar-refractivity contribution < 1.29 is 33.7 Å². The van der Waals surface area contributed by atoms with Crippen LogP contribution in [0.1, 0.15) is 32.3 Å². The summed E-state index contributed by atoms with van der Waals surface area (Å²) in [6.07, 6.45) is 12.8. The lowest BCUT2D eigenvalue weighted by Gasteiger charge is -2.26. The van der Waals surface area contributed by atoms with Crippen LogP contribution in [0.4, 0.5) is 4.79 Å². The highest BCUT2D eigenvalue weighted by molar-refractivity contribution is 6.30. The van der Waals surface area contributed by atoms with Crippen molar-refractivity contribution in [3.63, 3.8) is 0 Å². The zero-order chi connectivity index (χ0) is 31.6. The first-order valence-corrected chi connectivity index (χ1v) is 13.8. The van der Waals surface area contributed by atoms with Crippen molar-refractivity contribution in [3.8, 4) is 0 Å². The summed E-state index contributed by atoms with van der Waals surface area (Å²) in [6.45, 7) is 4.07. The Bertz CT molecular complexity index is 1330. The molecular formula is C30H36ClN5O7. The first kappa shape index (κ1) is 34.7. The molecule has 1 aromatic rings. The molecule has 0 radical (unpaired) electrons. The quantitative estimate of drug-likeness (QED) is 0.119. The van der Waals surface area contributed by atoms with Gasteiger partial charge in [-0.2, -0.15) is 0 Å². The molecule has 0 aromatic heterocycles. The summed E-state index contributed by atoms with van der Waals surface area (Å²) in [6, 6.07) is 6.12. The van der Waals surface area contributed by atoms with Gasteiger partial charge in [-0.3, -0.25) is 14.6 Å². The number of amides is 3. The first-order valence-electron chi connectivity index (χ1n) is 13.4. The van der Waals surface area contributed by atoms with Gasteiger partial charge in [-0.25, -0.2) is 19.6 Å². The first-order chi connectivity index (χ1) is 20.8. The summed E-state index contributed by atoms with van der Waals surface area (Å²) in [5, 5.41) is 9.79. The third kappa shape index (κ3) is 11.7. The second kappa shape index (κ2) is 18.8. The lowest BCUT2D eigenvalue weighted by Crippen LogP contribution is -2.49. The van der Waals surface area contributed by atoms with Gasteiger partial charge in [0, 0.05) is 12.1 Å². The van der Waals surface area contributed by atoms with Crippen molar-refractivity contribution in [2.75, 3.05) is 27.1 Å². The molecule has 1 aliphatic carbocycles. The smallest absolute Gasteiger partial charge is 0.354 e. The number of carbonyl (C=O) groups excluding carboxylic acids is 2. The van der Waals surface area contributed by atoms with Crippen molar-refractivity contribution in [1.29, 1.82) is 0 Å². The predicted octanol–water partition coefficient (Wildman–Crippen LogP) is 4.75. The van der Waals surface area contributed by atoms with Crippen LogP contribution in [0.2, 0.25) is 5.02 Å². The number of imide groups is 1. The SMILES string of the molecule is CC.COCOCCN(C=O)C(=O)N(Cc1ccc(Cl)cc1)C(N)=NC1=CCC=C(OC2=NC(C(=O)O)=CCC=C2)C=C1. The Kier molecular flexibility index (Phi) is 15.2. The number of nitrogens with two attached hydrogens (primary N) is 1. The number of hydrogen-bond acceptors (Lipinski definition) is 8. The molecule has 0 spiro atoms. The van der Waals surface area contributed by atoms with Gasteiger partial charge in [0.05, 0.1) is 25.4 Å². The maximum absolute atomic E-state index is 13.3. The van der Waals surface area contributed by atoms with Crippen LogP contribution in [0.25, 0.3) is 0 Å². The van der Waals surface area contributed by atoms with Gasteiger partial charge in [-0.1, -0.05) is 49.7 Å². The average Bonchev–Trinajstić information content (AvgIpc) is 3.38. The maximum atomic E-state index is 13.3. The zero-order valence-electron chi connectivity index (χ0n) is 24.3. The molecule has 1 aromatic carbocycles. The number of aliphatic imine (C=N–C) groups is 2. The maximum Gasteiger partial charge on any atom is 0.354 e. The fourth-order valence-electron chi connectivity index (χ4n) is 3.49. The lowest BCUT2D eigenvalue weighted by molar-refractivity contribution is -0.132. The minimum Gasteiger partial charge on any atom is -0.477 e. The van der Waals surface area contributed by atoms with Crippen LogP contribution in [0.3, 0.4) is 0 Å². The Morgan fingerprint density at radius 1 is 1.12 bits per heavy atom. The fraction of sp³-hybridized carbons (Fsp3) is 0.300. The van der Waals surface area contributed by atoms with Gasteiger partial charge in [0.2, 0.25) is 18.3 Å². The number of halogens is 1. The summed E-state index contributed by atoms with van der Waals surface area (Å²) >= 11 is 6.00. The monoisotopic (exact) mass is 613 g/mol. The van der Waals surface area contributed by atoms with Crippen LogP contribution in [0, 0.1) is 0 Å². The van der Waals surface area contributed by atoms with Gasteiger partial charge in [-0.15, -0.1) is 0 Å². The molecular weight excluding hydrogens is 578 g/mol. The average molecular weight is 614 g/mol. The number of hydrogen-bond donors (Lipinski definition) is 2. The minimum absolute atomic E-state index is 0.0141. The van der Waals surface area contributed by atoms with E-state index < -0.39 is 12.0 Å². The van der Waals surface area contributed by atoms with E-state index in [-0.39, 0.29) is 44.0 Å². The molecule has 0 saturated heterocycles. The van der Waals surface area contributed by atoms with E-state index in [9.17, 15) is 19.5 Å². The molecule has 3 rings (SSSR count). The van der Waals surface area contributed by atoms with E-state index in [2.05, 4.69) is 9.98 Å². The third-order valence-electron chi connectivity index (χ3n) is 5.50. The number of ether oxygens (including phenoxy) is 3. The number of allylic oxidation sites excluding steroid dienone is 6. The van der Waals surface area contributed by atoms with Gasteiger partial charge in [0.25, 0.3) is 0 Å². The molecule has 43 heavy (non-hydrogen) atoms. The molecule has 3 N–H and O–H groups in total. The largest absolute Gasteiger partial charge is 0.477 e. The van der Waals surface area contributed by atoms with E-state index in [1.54, 1.807) is 60.7 Å². The third-order valence-corrected chi connectivity index (χ3v) is 5.75. The number of carbonyl (C=O) groups is 3. The van der Waals surface area contributed by atoms with Gasteiger partial charge in [0.15, 0.2) is 0 Å². The van der Waals surface area contributed by atoms with E-state index in [0.717, 1.165) is 4.90 Å². The Hall–Kier alpha value is -4.52. The van der Waals surface area contributed by atoms with Crippen molar-refractivity contribution in [2.24, 2.45) is 15.7 Å². The summed E-state index contributed by atoms with van der Waals surface area (Å²) < 4.78 is 15.8. The number of urea groups is 1. The van der Waals surface area contributed by atoms with Gasteiger partial charge >= 0.3 is 12.0 Å². The van der Waals surface area contributed by atoms with Crippen LogP contribution in [0.15, 0.2) is 93.9 Å². The number of aliphatic carboxylic acids is 1. The highest BCUT2D eigenvalue weighted by Gasteiger charge is 2.24. The molecule has 0 fully saturated rings. The van der Waals surface area contributed by atoms with E-state index in [4.69, 9.17) is 31.5 Å². The van der Waals surface area contributed by atoms with Crippen molar-refractivity contribution in [2.45, 2.75) is 33.2 Å². The van der Waals surface area contributed by atoms with Crippen LogP contribution >= 0.6 is 11.6 Å². The number of benzene rings is 1. The van der Waals surface area contributed by atoms with Crippen LogP contribution in [-0.2, 0) is 30.3 Å². The highest BCUT2D eigenvalue weighted by Crippen LogP contribution is 2.17. The lowest BCUT2D eigenvalue weighted by atomic mass is 10.2. The molecule has 230 valence electrons. The summed E-state index contributed by atoms with van der Waals surface area (Å²) in [5.41, 5.74) is 7.34. The minimum atomic E-state index is -1.15. The number of nitrogens with zero attached hydrogens (tertiary/aromatic N) is 4. The molecule has 0 unspecified atom stereocenters. The van der Waals surface area contributed by atoms with E-state index >= 15 is 0 Å². The van der Waals surface area contributed by atoms with Crippen LogP contribution in [-0.4, -0.2) is 72.2 Å². The fourth-order valence-corrected chi connectivity index (χ4v) is 3.61. The highest BCUT2D eigenvalue weighted by atomic mass is 35.5. The predicted molar refractivity (Wildman–Crippen MR) is 164 cm³/mol. The number of guanidine groups is 1. The Morgan fingerprint density at radius 2 is 1.86 bits per heavy atom. The van der Waals surface area contributed by atoms with Crippen molar-refractivity contribution in [3.05, 3.63) is 94.5 Å². The number of methoxy groups -OCH3 is 1. The Morgan fingerprint density at radius 3 is 2.53 bits per heavy atom. The van der Waals surface area contributed by atoms with Crippen LogP contribution in [0.5, 0.6) is 0 Å².